The highest BCUT2D eigenvalue weighted by Gasteiger charge is 2.18. The number of hydrogen-bond donors (Lipinski definition) is 1. The predicted octanol–water partition coefficient (Wildman–Crippen LogP) is 2.80. The fraction of sp³-hybridized carbons (Fsp3) is 0.250. The summed E-state index contributed by atoms with van der Waals surface area (Å²) in [6.07, 6.45) is 2.97. The zero-order valence-electron chi connectivity index (χ0n) is 13.2. The van der Waals surface area contributed by atoms with Crippen molar-refractivity contribution in [1.82, 2.24) is 0 Å². The highest BCUT2D eigenvalue weighted by molar-refractivity contribution is 7.91. The van der Waals surface area contributed by atoms with Gasteiger partial charge in [-0.05, 0) is 42.3 Å². The second kappa shape index (κ2) is 6.33. The summed E-state index contributed by atoms with van der Waals surface area (Å²) in [5.41, 5.74) is 2.22. The summed E-state index contributed by atoms with van der Waals surface area (Å²) in [6.45, 7) is 2.03. The number of aryl methyl sites for hydroxylation is 1. The van der Waals surface area contributed by atoms with Gasteiger partial charge in [-0.25, -0.2) is 16.8 Å². The van der Waals surface area contributed by atoms with Crippen LogP contribution in [-0.2, 0) is 26.1 Å². The summed E-state index contributed by atoms with van der Waals surface area (Å²) in [5.74, 6) is 0. The summed E-state index contributed by atoms with van der Waals surface area (Å²) in [7, 11) is -7.06. The zero-order valence-corrected chi connectivity index (χ0v) is 14.8. The van der Waals surface area contributed by atoms with E-state index in [9.17, 15) is 16.8 Å². The minimum atomic E-state index is -3.58. The third-order valence-corrected chi connectivity index (χ3v) is 5.64. The van der Waals surface area contributed by atoms with Gasteiger partial charge in [0.2, 0.25) is 0 Å². The third-order valence-electron chi connectivity index (χ3n) is 3.39. The van der Waals surface area contributed by atoms with Gasteiger partial charge >= 0.3 is 0 Å². The summed E-state index contributed by atoms with van der Waals surface area (Å²) in [5, 5.41) is 3.06. The van der Waals surface area contributed by atoms with E-state index in [0.717, 1.165) is 30.2 Å². The van der Waals surface area contributed by atoms with Gasteiger partial charge in [0.15, 0.2) is 19.7 Å². The van der Waals surface area contributed by atoms with E-state index >= 15 is 0 Å². The van der Waals surface area contributed by atoms with Crippen molar-refractivity contribution in [2.45, 2.75) is 23.1 Å². The molecule has 0 saturated heterocycles. The molecule has 1 N–H and O–H groups in total. The molecule has 0 aliphatic carbocycles. The Bertz CT molecular complexity index is 932. The Morgan fingerprint density at radius 3 is 2.17 bits per heavy atom. The van der Waals surface area contributed by atoms with Crippen LogP contribution in [0.3, 0.4) is 0 Å². The third kappa shape index (κ3) is 4.33. The number of anilines is 2. The first kappa shape index (κ1) is 17.5. The van der Waals surface area contributed by atoms with E-state index < -0.39 is 19.7 Å². The first-order valence-electron chi connectivity index (χ1n) is 7.01. The van der Waals surface area contributed by atoms with Crippen LogP contribution in [0.5, 0.6) is 0 Å². The molecule has 124 valence electrons. The molecular formula is C16H19NO4S2. The fourth-order valence-electron chi connectivity index (χ4n) is 2.17. The van der Waals surface area contributed by atoms with E-state index in [2.05, 4.69) is 5.32 Å². The van der Waals surface area contributed by atoms with Gasteiger partial charge in [0.05, 0.1) is 15.5 Å². The van der Waals surface area contributed by atoms with Crippen LogP contribution in [0.4, 0.5) is 11.4 Å². The van der Waals surface area contributed by atoms with Crippen molar-refractivity contribution in [3.05, 3.63) is 48.0 Å². The van der Waals surface area contributed by atoms with Crippen molar-refractivity contribution in [1.29, 1.82) is 0 Å². The minimum Gasteiger partial charge on any atom is -0.354 e. The first-order valence-corrected chi connectivity index (χ1v) is 10.8. The SMILES string of the molecule is CCc1cccc(Nc2ccc(S(C)(=O)=O)cc2S(C)(=O)=O)c1. The zero-order chi connectivity index (χ0) is 17.3. The Labute approximate surface area is 137 Å². The van der Waals surface area contributed by atoms with E-state index in [0.29, 0.717) is 5.69 Å². The second-order valence-corrected chi connectivity index (χ2v) is 9.38. The van der Waals surface area contributed by atoms with Gasteiger partial charge in [-0.15, -0.1) is 0 Å². The van der Waals surface area contributed by atoms with Crippen molar-refractivity contribution < 1.29 is 16.8 Å². The average molecular weight is 353 g/mol. The molecule has 23 heavy (non-hydrogen) atoms. The Hall–Kier alpha value is -1.86. The van der Waals surface area contributed by atoms with Crippen molar-refractivity contribution in [2.75, 3.05) is 17.8 Å². The van der Waals surface area contributed by atoms with Gasteiger partial charge in [0.25, 0.3) is 0 Å². The highest BCUT2D eigenvalue weighted by atomic mass is 32.2. The van der Waals surface area contributed by atoms with Gasteiger partial charge < -0.3 is 5.32 Å². The Balaban J connectivity index is 2.54. The van der Waals surface area contributed by atoms with Gasteiger partial charge in [-0.3, -0.25) is 0 Å². The number of benzene rings is 2. The lowest BCUT2D eigenvalue weighted by Crippen LogP contribution is -2.06. The lowest BCUT2D eigenvalue weighted by Gasteiger charge is -2.13. The average Bonchev–Trinajstić information content (AvgIpc) is 2.45. The largest absolute Gasteiger partial charge is 0.354 e. The number of hydrogen-bond acceptors (Lipinski definition) is 5. The maximum absolute atomic E-state index is 12.0. The molecule has 0 radical (unpaired) electrons. The summed E-state index contributed by atoms with van der Waals surface area (Å²) in [6, 6.07) is 11.7. The molecular weight excluding hydrogens is 334 g/mol. The molecule has 5 nitrogen and oxygen atoms in total. The lowest BCUT2D eigenvalue weighted by molar-refractivity contribution is 0.600. The predicted molar refractivity (Wildman–Crippen MR) is 91.8 cm³/mol. The molecule has 0 aromatic heterocycles. The highest BCUT2D eigenvalue weighted by Crippen LogP contribution is 2.28. The second-order valence-electron chi connectivity index (χ2n) is 5.38. The van der Waals surface area contributed by atoms with Crippen molar-refractivity contribution >= 4 is 31.0 Å². The minimum absolute atomic E-state index is 0.0224. The quantitative estimate of drug-likeness (QED) is 0.894. The molecule has 0 amide bonds. The molecule has 7 heteroatoms. The van der Waals surface area contributed by atoms with E-state index in [1.807, 2.05) is 31.2 Å². The topological polar surface area (TPSA) is 80.3 Å². The van der Waals surface area contributed by atoms with Crippen LogP contribution in [0.2, 0.25) is 0 Å². The Morgan fingerprint density at radius 1 is 0.913 bits per heavy atom. The molecule has 0 bridgehead atoms. The van der Waals surface area contributed by atoms with Crippen LogP contribution in [0.25, 0.3) is 0 Å². The first-order chi connectivity index (χ1) is 10.6. The molecule has 0 spiro atoms. The van der Waals surface area contributed by atoms with E-state index in [-0.39, 0.29) is 9.79 Å². The molecule has 0 aliphatic heterocycles. The number of nitrogens with one attached hydrogen (secondary N) is 1. The van der Waals surface area contributed by atoms with Crippen LogP contribution in [-0.4, -0.2) is 29.3 Å². The van der Waals surface area contributed by atoms with Crippen LogP contribution in [0.15, 0.2) is 52.3 Å². The molecule has 0 atom stereocenters. The molecule has 2 aromatic rings. The Kier molecular flexibility index (Phi) is 4.81. The van der Waals surface area contributed by atoms with Crippen LogP contribution in [0.1, 0.15) is 12.5 Å². The molecule has 0 heterocycles. The molecule has 0 fully saturated rings. The summed E-state index contributed by atoms with van der Waals surface area (Å²) >= 11 is 0. The smallest absolute Gasteiger partial charge is 0.177 e. The van der Waals surface area contributed by atoms with Crippen LogP contribution < -0.4 is 5.32 Å². The van der Waals surface area contributed by atoms with Crippen LogP contribution in [0, 0.1) is 0 Å². The number of sulfone groups is 2. The van der Waals surface area contributed by atoms with Crippen LogP contribution >= 0.6 is 0 Å². The molecule has 2 rings (SSSR count). The maximum Gasteiger partial charge on any atom is 0.177 e. The fourth-order valence-corrected chi connectivity index (χ4v) is 3.75. The molecule has 2 aromatic carbocycles. The summed E-state index contributed by atoms with van der Waals surface area (Å²) < 4.78 is 47.3. The van der Waals surface area contributed by atoms with Gasteiger partial charge in [0.1, 0.15) is 0 Å². The van der Waals surface area contributed by atoms with E-state index in [4.69, 9.17) is 0 Å². The normalized spacial score (nSPS) is 12.1. The van der Waals surface area contributed by atoms with E-state index in [1.54, 1.807) is 0 Å². The van der Waals surface area contributed by atoms with Gasteiger partial charge in [0, 0.05) is 18.2 Å². The maximum atomic E-state index is 12.0. The molecule has 0 aliphatic rings. The van der Waals surface area contributed by atoms with Crippen molar-refractivity contribution in [3.8, 4) is 0 Å². The Morgan fingerprint density at radius 2 is 1.61 bits per heavy atom. The van der Waals surface area contributed by atoms with Gasteiger partial charge in [-0.1, -0.05) is 19.1 Å². The standard InChI is InChI=1S/C16H19NO4S2/c1-4-12-6-5-7-13(10-12)17-15-9-8-14(22(2,18)19)11-16(15)23(3,20)21/h5-11,17H,4H2,1-3H3. The van der Waals surface area contributed by atoms with Crippen molar-refractivity contribution in [3.63, 3.8) is 0 Å². The summed E-state index contributed by atoms with van der Waals surface area (Å²) in [4.78, 5) is -0.0619. The molecule has 0 saturated carbocycles. The lowest BCUT2D eigenvalue weighted by atomic mass is 10.1. The monoisotopic (exact) mass is 353 g/mol. The molecule has 0 unspecified atom stereocenters. The van der Waals surface area contributed by atoms with E-state index in [1.165, 1.54) is 18.2 Å². The van der Waals surface area contributed by atoms with Gasteiger partial charge in [-0.2, -0.15) is 0 Å². The van der Waals surface area contributed by atoms with Crippen molar-refractivity contribution in [2.24, 2.45) is 0 Å². The number of rotatable bonds is 5.